The minimum Gasteiger partial charge on any atom is -0.395 e. The summed E-state index contributed by atoms with van der Waals surface area (Å²) in [5, 5.41) is 11.8. The predicted octanol–water partition coefficient (Wildman–Crippen LogP) is 1.85. The molecule has 1 saturated carbocycles. The zero-order valence-corrected chi connectivity index (χ0v) is 23.3. The second kappa shape index (κ2) is 11.2. The van der Waals surface area contributed by atoms with Crippen LogP contribution >= 0.6 is 0 Å². The molecule has 1 aromatic carbocycles. The van der Waals surface area contributed by atoms with Crippen LogP contribution in [0.25, 0.3) is 0 Å². The quantitative estimate of drug-likeness (QED) is 0.463. The van der Waals surface area contributed by atoms with Crippen LogP contribution in [-0.4, -0.2) is 82.4 Å². The number of benzene rings is 1. The van der Waals surface area contributed by atoms with Crippen molar-refractivity contribution in [1.82, 2.24) is 15.1 Å². The second-order valence-electron chi connectivity index (χ2n) is 11.8. The Kier molecular flexibility index (Phi) is 8.02. The number of ether oxygens (including phenoxy) is 1. The molecule has 11 nitrogen and oxygen atoms in total. The largest absolute Gasteiger partial charge is 0.395 e. The molecular weight excluding hydrogens is 518 g/mol. The number of imide groups is 1. The summed E-state index contributed by atoms with van der Waals surface area (Å²) in [6.07, 6.45) is 2.56. The van der Waals surface area contributed by atoms with Crippen molar-refractivity contribution in [3.05, 3.63) is 35.9 Å². The van der Waals surface area contributed by atoms with Gasteiger partial charge in [-0.3, -0.25) is 24.5 Å². The molecule has 4 aliphatic heterocycles. The number of amides is 4. The molecule has 4 heterocycles. The van der Waals surface area contributed by atoms with Crippen LogP contribution in [0.3, 0.4) is 0 Å². The van der Waals surface area contributed by atoms with Gasteiger partial charge in [0.25, 0.3) is 5.91 Å². The van der Waals surface area contributed by atoms with Crippen molar-refractivity contribution < 1.29 is 38.8 Å². The number of hydrogen-bond donors (Lipinski definition) is 2. The number of likely N-dealkylation sites (tertiary alicyclic amines) is 1. The number of carbonyl (C=O) groups is 4. The highest BCUT2D eigenvalue weighted by Crippen LogP contribution is 2.60. The van der Waals surface area contributed by atoms with Crippen LogP contribution in [0.15, 0.2) is 30.3 Å². The van der Waals surface area contributed by atoms with Crippen molar-refractivity contribution in [2.75, 3.05) is 26.2 Å². The summed E-state index contributed by atoms with van der Waals surface area (Å²) in [7, 11) is 0. The van der Waals surface area contributed by atoms with E-state index in [1.807, 2.05) is 13.8 Å². The number of carbonyl (C=O) groups excluding carboxylic acids is 4. The first-order valence-electron chi connectivity index (χ1n) is 14.2. The fourth-order valence-electron chi connectivity index (χ4n) is 7.17. The molecule has 4 saturated heterocycles. The van der Waals surface area contributed by atoms with E-state index in [9.17, 15) is 24.3 Å². The predicted molar refractivity (Wildman–Crippen MR) is 141 cm³/mol. The summed E-state index contributed by atoms with van der Waals surface area (Å²) in [6.45, 7) is 5.17. The molecule has 1 aromatic rings. The lowest BCUT2D eigenvalue weighted by Crippen LogP contribution is -2.75. The third-order valence-corrected chi connectivity index (χ3v) is 9.27. The Morgan fingerprint density at radius 2 is 1.85 bits per heavy atom. The van der Waals surface area contributed by atoms with Gasteiger partial charge in [0.1, 0.15) is 6.54 Å². The van der Waals surface area contributed by atoms with Crippen molar-refractivity contribution in [2.24, 2.45) is 23.7 Å². The number of piperidine rings is 1. The molecule has 1 aliphatic carbocycles. The van der Waals surface area contributed by atoms with Crippen molar-refractivity contribution in [3.8, 4) is 0 Å². The maximum absolute atomic E-state index is 13.7. The van der Waals surface area contributed by atoms with E-state index < -0.39 is 41.9 Å². The molecule has 6 rings (SSSR count). The fraction of sp³-hybridized carbons (Fsp3) is 0.655. The summed E-state index contributed by atoms with van der Waals surface area (Å²) < 4.78 is 6.49. The Hall–Kier alpha value is -2.86. The number of aliphatic hydroxyl groups is 1. The minimum atomic E-state index is -0.993. The standard InChI is InChI=1S/C29H39N3O8/c1-18-9-10-22-19(2)26(37)32(27-29(22)21(18)11-13-28(3,38-27)39-40-29)14-12-24(35)31(15-16-33)17-23(34)30-25(36)20-7-5-4-6-8-20/h4-8,18-19,21-22,27,33H,9-17H2,1-3H3,(H,30,34,36)/t18-,19-,21+,22+,27-,28+,29-/m1/s1. The van der Waals surface area contributed by atoms with Crippen LogP contribution in [0.2, 0.25) is 0 Å². The number of nitrogens with one attached hydrogen (secondary N) is 1. The number of fused-ring (bicyclic) bond motifs is 2. The molecule has 4 amide bonds. The van der Waals surface area contributed by atoms with Gasteiger partial charge in [0.15, 0.2) is 11.8 Å². The summed E-state index contributed by atoms with van der Waals surface area (Å²) >= 11 is 0. The van der Waals surface area contributed by atoms with E-state index in [0.717, 1.165) is 19.3 Å². The SMILES string of the molecule is C[C@@H]1CC[C@H]2[C@@H](C)C(=O)N(CCC(=O)N(CCO)CC(=O)NC(=O)c3ccccc3)[C@@H]3O[C@]4(C)CC[C@@H]1[C@@]23OO4. The van der Waals surface area contributed by atoms with E-state index in [4.69, 9.17) is 14.5 Å². The number of nitrogens with zero attached hydrogens (tertiary/aromatic N) is 2. The van der Waals surface area contributed by atoms with Gasteiger partial charge >= 0.3 is 0 Å². The molecular formula is C29H39N3O8. The topological polar surface area (TPSA) is 135 Å². The Bertz CT molecular complexity index is 1150. The Morgan fingerprint density at radius 1 is 1.10 bits per heavy atom. The molecule has 0 aromatic heterocycles. The van der Waals surface area contributed by atoms with Crippen LogP contribution in [0.5, 0.6) is 0 Å². The lowest BCUT2D eigenvalue weighted by atomic mass is 9.57. The first-order valence-corrected chi connectivity index (χ1v) is 14.2. The zero-order chi connectivity index (χ0) is 28.7. The molecule has 218 valence electrons. The van der Waals surface area contributed by atoms with Gasteiger partial charge in [-0.25, -0.2) is 9.78 Å². The Labute approximate surface area is 234 Å². The normalized spacial score (nSPS) is 34.5. The Balaban J connectivity index is 1.29. The average Bonchev–Trinajstić information content (AvgIpc) is 3.17. The summed E-state index contributed by atoms with van der Waals surface area (Å²) in [5.74, 6) is -2.63. The van der Waals surface area contributed by atoms with Crippen LogP contribution in [0, 0.1) is 23.7 Å². The van der Waals surface area contributed by atoms with Gasteiger partial charge in [0, 0.05) is 43.3 Å². The van der Waals surface area contributed by atoms with Gasteiger partial charge in [-0.15, -0.1) is 0 Å². The molecule has 7 atom stereocenters. The van der Waals surface area contributed by atoms with E-state index in [0.29, 0.717) is 17.9 Å². The lowest BCUT2D eigenvalue weighted by molar-refractivity contribution is -0.547. The van der Waals surface area contributed by atoms with E-state index in [1.165, 1.54) is 4.90 Å². The van der Waals surface area contributed by atoms with Gasteiger partial charge in [0.2, 0.25) is 23.5 Å². The van der Waals surface area contributed by atoms with Crippen LogP contribution in [0.4, 0.5) is 0 Å². The maximum atomic E-state index is 13.7. The van der Waals surface area contributed by atoms with Crippen LogP contribution < -0.4 is 5.32 Å². The molecule has 2 bridgehead atoms. The molecule has 0 unspecified atom stereocenters. The van der Waals surface area contributed by atoms with Crippen molar-refractivity contribution in [1.29, 1.82) is 0 Å². The third kappa shape index (κ3) is 5.04. The maximum Gasteiger partial charge on any atom is 0.257 e. The first kappa shape index (κ1) is 28.7. The molecule has 1 spiro atoms. The molecule has 5 aliphatic rings. The lowest BCUT2D eigenvalue weighted by Gasteiger charge is -2.61. The minimum absolute atomic E-state index is 0.0578. The van der Waals surface area contributed by atoms with E-state index in [1.54, 1.807) is 35.2 Å². The second-order valence-corrected chi connectivity index (χ2v) is 11.8. The molecule has 5 fully saturated rings. The van der Waals surface area contributed by atoms with Gasteiger partial charge in [-0.2, -0.15) is 0 Å². The fourth-order valence-corrected chi connectivity index (χ4v) is 7.17. The van der Waals surface area contributed by atoms with Crippen LogP contribution in [-0.2, 0) is 28.9 Å². The molecule has 2 N–H and O–H groups in total. The Morgan fingerprint density at radius 3 is 2.58 bits per heavy atom. The van der Waals surface area contributed by atoms with Gasteiger partial charge in [-0.1, -0.05) is 32.0 Å². The van der Waals surface area contributed by atoms with Gasteiger partial charge in [-0.05, 0) is 50.2 Å². The summed E-state index contributed by atoms with van der Waals surface area (Å²) in [6, 6.07) is 8.28. The van der Waals surface area contributed by atoms with Crippen LogP contribution in [0.1, 0.15) is 63.2 Å². The van der Waals surface area contributed by atoms with E-state index >= 15 is 0 Å². The van der Waals surface area contributed by atoms with Crippen molar-refractivity contribution in [3.63, 3.8) is 0 Å². The first-order chi connectivity index (χ1) is 19.1. The van der Waals surface area contributed by atoms with Gasteiger partial charge in [0.05, 0.1) is 6.61 Å². The third-order valence-electron chi connectivity index (χ3n) is 9.27. The number of hydrogen-bond acceptors (Lipinski definition) is 8. The average molecular weight is 558 g/mol. The monoisotopic (exact) mass is 557 g/mol. The van der Waals surface area contributed by atoms with Gasteiger partial charge < -0.3 is 19.6 Å². The van der Waals surface area contributed by atoms with Crippen molar-refractivity contribution >= 4 is 23.6 Å². The number of aliphatic hydroxyl groups excluding tert-OH is 1. The number of rotatable bonds is 8. The smallest absolute Gasteiger partial charge is 0.257 e. The summed E-state index contributed by atoms with van der Waals surface area (Å²) in [5.41, 5.74) is -0.494. The highest BCUT2D eigenvalue weighted by Gasteiger charge is 2.70. The van der Waals surface area contributed by atoms with E-state index in [2.05, 4.69) is 12.2 Å². The molecule has 11 heteroatoms. The van der Waals surface area contributed by atoms with E-state index in [-0.39, 0.29) is 49.8 Å². The summed E-state index contributed by atoms with van der Waals surface area (Å²) in [4.78, 5) is 66.8. The molecule has 0 radical (unpaired) electrons. The highest BCUT2D eigenvalue weighted by molar-refractivity contribution is 6.05. The molecule has 40 heavy (non-hydrogen) atoms. The highest BCUT2D eigenvalue weighted by atomic mass is 17.3. The van der Waals surface area contributed by atoms with Crippen molar-refractivity contribution in [2.45, 2.75) is 70.5 Å². The zero-order valence-electron chi connectivity index (χ0n) is 23.3.